The lowest BCUT2D eigenvalue weighted by molar-refractivity contribution is -0.170. The Bertz CT molecular complexity index is 757. The van der Waals surface area contributed by atoms with Crippen LogP contribution < -0.4 is 5.32 Å². The smallest absolute Gasteiger partial charge is 0.141 e. The first-order chi connectivity index (χ1) is 13.8. The second-order valence-corrected chi connectivity index (χ2v) is 11.0. The van der Waals surface area contributed by atoms with Gasteiger partial charge in [-0.05, 0) is 62.8 Å². The molecule has 160 valence electrons. The third-order valence-electron chi connectivity index (χ3n) is 9.63. The van der Waals surface area contributed by atoms with Crippen molar-refractivity contribution in [1.29, 1.82) is 0 Å². The lowest BCUT2D eigenvalue weighted by atomic mass is 9.43. The number of ketones is 1. The Balaban J connectivity index is 1.39. The van der Waals surface area contributed by atoms with Crippen molar-refractivity contribution in [2.24, 2.45) is 33.7 Å². The molecule has 7 atom stereocenters. The highest BCUT2D eigenvalue weighted by molar-refractivity contribution is 5.88. The Morgan fingerprint density at radius 3 is 2.72 bits per heavy atom. The van der Waals surface area contributed by atoms with Gasteiger partial charge in [0.2, 0.25) is 0 Å². The number of carbonyl (C=O) groups is 1. The number of rotatable bonds is 2. The number of hydrogen-bond acceptors (Lipinski definition) is 5. The average Bonchev–Trinajstić information content (AvgIpc) is 3.30. The summed E-state index contributed by atoms with van der Waals surface area (Å²) in [7, 11) is 0. The molecule has 0 amide bonds. The van der Waals surface area contributed by atoms with Crippen LogP contribution in [0.25, 0.3) is 0 Å². The second-order valence-electron chi connectivity index (χ2n) is 11.0. The molecule has 5 rings (SSSR count). The highest BCUT2D eigenvalue weighted by Gasteiger charge is 2.65. The van der Waals surface area contributed by atoms with E-state index < -0.39 is 5.60 Å². The molecule has 5 fully saturated rings. The van der Waals surface area contributed by atoms with Crippen molar-refractivity contribution < 1.29 is 14.7 Å². The zero-order chi connectivity index (χ0) is 20.4. The van der Waals surface area contributed by atoms with Crippen molar-refractivity contribution in [3.63, 3.8) is 0 Å². The molecule has 29 heavy (non-hydrogen) atoms. The van der Waals surface area contributed by atoms with E-state index >= 15 is 0 Å². The molecular formula is C24H36N2O3. The first-order valence-electron chi connectivity index (χ1n) is 11.6. The summed E-state index contributed by atoms with van der Waals surface area (Å²) in [6.07, 6.45) is 7.94. The number of nitrogens with one attached hydrogen (secondary N) is 1. The number of nitrogens with zero attached hydrogens (tertiary/aromatic N) is 1. The topological polar surface area (TPSA) is 70.9 Å². The van der Waals surface area contributed by atoms with Gasteiger partial charge >= 0.3 is 0 Å². The Hall–Kier alpha value is -1.20. The van der Waals surface area contributed by atoms with Crippen molar-refractivity contribution in [3.8, 4) is 0 Å². The fourth-order valence-electron chi connectivity index (χ4n) is 7.70. The van der Waals surface area contributed by atoms with E-state index in [0.29, 0.717) is 36.4 Å². The maximum Gasteiger partial charge on any atom is 0.141 e. The van der Waals surface area contributed by atoms with E-state index in [2.05, 4.69) is 30.9 Å². The highest BCUT2D eigenvalue weighted by atomic mass is 16.6. The van der Waals surface area contributed by atoms with Gasteiger partial charge in [0.25, 0.3) is 0 Å². The molecule has 0 radical (unpaired) electrons. The van der Waals surface area contributed by atoms with Crippen LogP contribution in [-0.2, 0) is 9.63 Å². The number of hydrogen-bond donors (Lipinski definition) is 2. The minimum Gasteiger partial charge on any atom is -0.391 e. The molecule has 1 aliphatic heterocycles. The first kappa shape index (κ1) is 19.7. The van der Waals surface area contributed by atoms with Gasteiger partial charge in [0.05, 0.1) is 11.3 Å². The number of aliphatic hydroxyl groups is 1. The van der Waals surface area contributed by atoms with Crippen LogP contribution in [0.1, 0.15) is 71.6 Å². The maximum absolute atomic E-state index is 12.6. The van der Waals surface area contributed by atoms with Crippen molar-refractivity contribution in [2.45, 2.75) is 83.3 Å². The highest BCUT2D eigenvalue weighted by Crippen LogP contribution is 2.67. The van der Waals surface area contributed by atoms with Crippen molar-refractivity contribution in [2.75, 3.05) is 13.1 Å². The van der Waals surface area contributed by atoms with Crippen LogP contribution in [0.2, 0.25) is 0 Å². The number of Topliss-reactive ketones (excluding diaryl/α,β-unsaturated/α-hetero) is 1. The number of fused-ring (bicyclic) bond motifs is 5. The fourth-order valence-corrected chi connectivity index (χ4v) is 7.70. The van der Waals surface area contributed by atoms with E-state index in [1.165, 1.54) is 5.57 Å². The van der Waals surface area contributed by atoms with Crippen molar-refractivity contribution in [1.82, 2.24) is 5.32 Å². The number of carbonyl (C=O) groups excluding carboxylic acids is 1. The van der Waals surface area contributed by atoms with Crippen LogP contribution in [0.4, 0.5) is 0 Å². The summed E-state index contributed by atoms with van der Waals surface area (Å²) in [5.74, 6) is 1.66. The van der Waals surface area contributed by atoms with Gasteiger partial charge in [0.1, 0.15) is 11.9 Å². The van der Waals surface area contributed by atoms with Gasteiger partial charge < -0.3 is 15.3 Å². The van der Waals surface area contributed by atoms with Gasteiger partial charge in [-0.2, -0.15) is 0 Å². The molecule has 2 N–H and O–H groups in total. The summed E-state index contributed by atoms with van der Waals surface area (Å²) in [5.41, 5.74) is 1.07. The lowest BCUT2D eigenvalue weighted by Crippen LogP contribution is -2.63. The molecule has 4 saturated carbocycles. The molecule has 1 heterocycles. The SMILES string of the molecule is C=C1C[C@@]2(O)CC(=NOC3CCNC3)CC[C@]2(C)[C@H]2CC[C@]3(C)C(=O)CC[C@H]3[C@H]12. The van der Waals surface area contributed by atoms with E-state index in [0.717, 1.165) is 63.7 Å². The van der Waals surface area contributed by atoms with E-state index in [1.54, 1.807) is 0 Å². The van der Waals surface area contributed by atoms with E-state index in [-0.39, 0.29) is 16.9 Å². The van der Waals surface area contributed by atoms with Crippen molar-refractivity contribution in [3.05, 3.63) is 12.2 Å². The molecule has 0 spiro atoms. The van der Waals surface area contributed by atoms with E-state index in [1.807, 2.05) is 0 Å². The van der Waals surface area contributed by atoms with E-state index in [4.69, 9.17) is 4.84 Å². The molecule has 5 aliphatic rings. The van der Waals surface area contributed by atoms with Gasteiger partial charge in [-0.25, -0.2) is 0 Å². The Morgan fingerprint density at radius 1 is 1.14 bits per heavy atom. The summed E-state index contributed by atoms with van der Waals surface area (Å²) in [6.45, 7) is 10.8. The molecule has 0 aromatic carbocycles. The zero-order valence-corrected chi connectivity index (χ0v) is 18.0. The molecule has 1 saturated heterocycles. The molecule has 0 aromatic heterocycles. The average molecular weight is 401 g/mol. The molecule has 5 heteroatoms. The molecular weight excluding hydrogens is 364 g/mol. The largest absolute Gasteiger partial charge is 0.391 e. The summed E-state index contributed by atoms with van der Waals surface area (Å²) in [4.78, 5) is 18.4. The van der Waals surface area contributed by atoms with Gasteiger partial charge in [-0.1, -0.05) is 31.2 Å². The van der Waals surface area contributed by atoms with Crippen LogP contribution >= 0.6 is 0 Å². The minimum atomic E-state index is -0.796. The van der Waals surface area contributed by atoms with Crippen LogP contribution in [0.3, 0.4) is 0 Å². The Kier molecular flexibility index (Phi) is 4.53. The van der Waals surface area contributed by atoms with Crippen LogP contribution in [0.5, 0.6) is 0 Å². The van der Waals surface area contributed by atoms with Crippen molar-refractivity contribution >= 4 is 11.5 Å². The first-order valence-corrected chi connectivity index (χ1v) is 11.6. The van der Waals surface area contributed by atoms with Gasteiger partial charge in [-0.3, -0.25) is 4.79 Å². The molecule has 4 aliphatic carbocycles. The third kappa shape index (κ3) is 2.79. The Morgan fingerprint density at radius 2 is 1.97 bits per heavy atom. The summed E-state index contributed by atoms with van der Waals surface area (Å²) in [5, 5.41) is 19.7. The standard InChI is InChI=1S/C24H36N2O3/c1-15-12-24(28)13-16(26-29-17-8-11-25-14-17)6-10-23(24,3)19-7-9-22(2)18(21(15)19)4-5-20(22)27/h17-19,21,25,28H,1,4-14H2,2-3H3/t17?,18-,19-,21-,22-,23+,24+/m0/s1. The lowest BCUT2D eigenvalue weighted by Gasteiger charge is -2.63. The predicted molar refractivity (Wildman–Crippen MR) is 113 cm³/mol. The Labute approximate surface area is 174 Å². The van der Waals surface area contributed by atoms with Gasteiger partial charge in [0.15, 0.2) is 0 Å². The normalized spacial score (nSPS) is 50.9. The van der Waals surface area contributed by atoms with E-state index in [9.17, 15) is 9.90 Å². The summed E-state index contributed by atoms with van der Waals surface area (Å²) < 4.78 is 0. The van der Waals surface area contributed by atoms with Crippen LogP contribution in [0.15, 0.2) is 17.3 Å². The van der Waals surface area contributed by atoms with Crippen LogP contribution in [0, 0.1) is 28.6 Å². The quantitative estimate of drug-likeness (QED) is 0.549. The molecule has 1 unspecified atom stereocenters. The van der Waals surface area contributed by atoms with Crippen LogP contribution in [-0.4, -0.2) is 41.4 Å². The predicted octanol–water partition coefficient (Wildman–Crippen LogP) is 3.61. The monoisotopic (exact) mass is 400 g/mol. The fraction of sp³-hybridized carbons (Fsp3) is 0.833. The van der Waals surface area contributed by atoms with Gasteiger partial charge in [-0.15, -0.1) is 0 Å². The molecule has 5 nitrogen and oxygen atoms in total. The minimum absolute atomic E-state index is 0.139. The van der Waals surface area contributed by atoms with Gasteiger partial charge in [0, 0.05) is 36.6 Å². The second kappa shape index (κ2) is 6.65. The summed E-state index contributed by atoms with van der Waals surface area (Å²) in [6, 6.07) is 0. The third-order valence-corrected chi connectivity index (χ3v) is 9.63. The molecule has 0 bridgehead atoms. The zero-order valence-electron chi connectivity index (χ0n) is 18.0. The number of oxime groups is 1. The summed E-state index contributed by atoms with van der Waals surface area (Å²) >= 11 is 0. The molecule has 0 aromatic rings. The maximum atomic E-state index is 12.6.